The van der Waals surface area contributed by atoms with Crippen LogP contribution in [0.25, 0.3) is 0 Å². The molecule has 2 rings (SSSR count). The average molecular weight is 365 g/mol. The molecule has 1 fully saturated rings. The van der Waals surface area contributed by atoms with Crippen LogP contribution in [0.1, 0.15) is 44.2 Å². The summed E-state index contributed by atoms with van der Waals surface area (Å²) in [4.78, 5) is 0. The van der Waals surface area contributed by atoms with Gasteiger partial charge >= 0.3 is 0 Å². The summed E-state index contributed by atoms with van der Waals surface area (Å²) in [5.74, 6) is -0.238. The molecule has 1 aliphatic rings. The minimum Gasteiger partial charge on any atom is -0.378 e. The van der Waals surface area contributed by atoms with Gasteiger partial charge in [0.2, 0.25) is 0 Å². The van der Waals surface area contributed by atoms with Crippen molar-refractivity contribution in [2.24, 2.45) is 0 Å². The molecule has 0 radical (unpaired) electrons. The molecule has 0 saturated heterocycles. The summed E-state index contributed by atoms with van der Waals surface area (Å²) in [7, 11) is 1.74. The van der Waals surface area contributed by atoms with Gasteiger partial charge in [-0.05, 0) is 60.3 Å². The summed E-state index contributed by atoms with van der Waals surface area (Å²) in [6.07, 6.45) is 4.02. The molecule has 0 amide bonds. The largest absolute Gasteiger partial charge is 0.378 e. The maximum Gasteiger partial charge on any atom is 0.129 e. The number of nitrogens with one attached hydrogen (secondary N) is 1. The van der Waals surface area contributed by atoms with E-state index in [1.54, 1.807) is 13.2 Å². The molecule has 2 nitrogen and oxygen atoms in total. The van der Waals surface area contributed by atoms with Gasteiger partial charge in [-0.2, -0.15) is 0 Å². The van der Waals surface area contributed by atoms with Crippen molar-refractivity contribution in [2.45, 2.75) is 44.2 Å². The van der Waals surface area contributed by atoms with E-state index in [9.17, 15) is 4.39 Å². The summed E-state index contributed by atoms with van der Waals surface area (Å²) in [6.45, 7) is 2.79. The molecule has 1 aromatic carbocycles. The number of hydrogen-bond acceptors (Lipinski definition) is 2. The summed E-state index contributed by atoms with van der Waals surface area (Å²) in [5.41, 5.74) is 0.502. The Kier molecular flexibility index (Phi) is 5.46. The molecule has 5 heteroatoms. The first-order chi connectivity index (χ1) is 9.51. The highest BCUT2D eigenvalue weighted by Gasteiger charge is 2.39. The van der Waals surface area contributed by atoms with Crippen molar-refractivity contribution in [3.63, 3.8) is 0 Å². The molecule has 0 aromatic heterocycles. The van der Waals surface area contributed by atoms with Crippen molar-refractivity contribution in [2.75, 3.05) is 13.7 Å². The average Bonchev–Trinajstić information content (AvgIpc) is 2.37. The third-order valence-corrected chi connectivity index (χ3v) is 5.34. The Morgan fingerprint density at radius 2 is 2.20 bits per heavy atom. The molecular weight excluding hydrogens is 345 g/mol. The van der Waals surface area contributed by atoms with E-state index in [2.05, 4.69) is 21.2 Å². The SMILES string of the molecule is CCNC(CC1(OC)CCC1)c1cc(Cl)c(Br)cc1F. The molecule has 1 N–H and O–H groups in total. The number of rotatable bonds is 6. The second-order valence-electron chi connectivity index (χ2n) is 5.34. The fourth-order valence-electron chi connectivity index (χ4n) is 2.78. The monoisotopic (exact) mass is 363 g/mol. The Labute approximate surface area is 133 Å². The van der Waals surface area contributed by atoms with E-state index in [-0.39, 0.29) is 17.5 Å². The topological polar surface area (TPSA) is 21.3 Å². The fraction of sp³-hybridized carbons (Fsp3) is 0.600. The molecule has 0 aliphatic heterocycles. The molecule has 0 spiro atoms. The molecule has 1 saturated carbocycles. The summed E-state index contributed by atoms with van der Waals surface area (Å²) >= 11 is 9.36. The zero-order valence-electron chi connectivity index (χ0n) is 11.8. The maximum absolute atomic E-state index is 14.2. The number of halogens is 3. The van der Waals surface area contributed by atoms with Crippen LogP contribution in [-0.2, 0) is 4.74 Å². The first-order valence-corrected chi connectivity index (χ1v) is 8.11. The summed E-state index contributed by atoms with van der Waals surface area (Å²) in [5, 5.41) is 3.88. The van der Waals surface area contributed by atoms with Crippen LogP contribution in [0, 0.1) is 5.82 Å². The van der Waals surface area contributed by atoms with Gasteiger partial charge < -0.3 is 10.1 Å². The molecule has 20 heavy (non-hydrogen) atoms. The van der Waals surface area contributed by atoms with Crippen molar-refractivity contribution in [3.05, 3.63) is 33.0 Å². The van der Waals surface area contributed by atoms with Crippen LogP contribution < -0.4 is 5.32 Å². The normalized spacial score (nSPS) is 18.6. The summed E-state index contributed by atoms with van der Waals surface area (Å²) < 4.78 is 20.5. The summed E-state index contributed by atoms with van der Waals surface area (Å²) in [6, 6.07) is 3.06. The predicted octanol–water partition coefficient (Wildman–Crippen LogP) is 4.85. The van der Waals surface area contributed by atoms with Gasteiger partial charge in [0.15, 0.2) is 0 Å². The van der Waals surface area contributed by atoms with Gasteiger partial charge in [0.25, 0.3) is 0 Å². The van der Waals surface area contributed by atoms with E-state index in [1.807, 2.05) is 6.92 Å². The lowest BCUT2D eigenvalue weighted by Crippen LogP contribution is -2.43. The lowest BCUT2D eigenvalue weighted by atomic mass is 9.74. The van der Waals surface area contributed by atoms with Gasteiger partial charge in [0.1, 0.15) is 5.82 Å². The molecule has 1 atom stereocenters. The highest BCUT2D eigenvalue weighted by atomic mass is 79.9. The Balaban J connectivity index is 2.26. The number of hydrogen-bond donors (Lipinski definition) is 1. The Morgan fingerprint density at radius 3 is 2.70 bits per heavy atom. The van der Waals surface area contributed by atoms with E-state index in [0.29, 0.717) is 15.1 Å². The third-order valence-electron chi connectivity index (χ3n) is 4.14. The minimum absolute atomic E-state index is 0.0779. The molecule has 1 aromatic rings. The lowest BCUT2D eigenvalue weighted by Gasteiger charge is -2.43. The number of benzene rings is 1. The van der Waals surface area contributed by atoms with Gasteiger partial charge in [-0.25, -0.2) is 4.39 Å². The van der Waals surface area contributed by atoms with Gasteiger partial charge in [-0.3, -0.25) is 0 Å². The van der Waals surface area contributed by atoms with Crippen molar-refractivity contribution in [3.8, 4) is 0 Å². The Morgan fingerprint density at radius 1 is 1.50 bits per heavy atom. The number of ether oxygens (including phenoxy) is 1. The highest BCUT2D eigenvalue weighted by Crippen LogP contribution is 2.42. The van der Waals surface area contributed by atoms with Gasteiger partial charge in [-0.1, -0.05) is 18.5 Å². The number of methoxy groups -OCH3 is 1. The zero-order chi connectivity index (χ0) is 14.8. The van der Waals surface area contributed by atoms with Crippen molar-refractivity contribution in [1.29, 1.82) is 0 Å². The van der Waals surface area contributed by atoms with Crippen molar-refractivity contribution in [1.82, 2.24) is 5.32 Å². The minimum atomic E-state index is -0.238. The lowest BCUT2D eigenvalue weighted by molar-refractivity contribution is -0.0839. The Hall–Kier alpha value is -0.160. The van der Waals surface area contributed by atoms with Crippen molar-refractivity contribution >= 4 is 27.5 Å². The quantitative estimate of drug-likeness (QED) is 0.728. The van der Waals surface area contributed by atoms with Crippen LogP contribution in [-0.4, -0.2) is 19.3 Å². The second-order valence-corrected chi connectivity index (χ2v) is 6.60. The molecular formula is C15H20BrClFNO. The first kappa shape index (κ1) is 16.2. The van der Waals surface area contributed by atoms with Crippen LogP contribution in [0.3, 0.4) is 0 Å². The van der Waals surface area contributed by atoms with E-state index in [4.69, 9.17) is 16.3 Å². The smallest absolute Gasteiger partial charge is 0.129 e. The van der Waals surface area contributed by atoms with Gasteiger partial charge in [-0.15, -0.1) is 0 Å². The second kappa shape index (κ2) is 6.73. The van der Waals surface area contributed by atoms with Crippen LogP contribution in [0.2, 0.25) is 5.02 Å². The van der Waals surface area contributed by atoms with Gasteiger partial charge in [0, 0.05) is 23.2 Å². The van der Waals surface area contributed by atoms with E-state index < -0.39 is 0 Å². The highest BCUT2D eigenvalue weighted by molar-refractivity contribution is 9.10. The van der Waals surface area contributed by atoms with Crippen LogP contribution in [0.15, 0.2) is 16.6 Å². The van der Waals surface area contributed by atoms with Crippen molar-refractivity contribution < 1.29 is 9.13 Å². The van der Waals surface area contributed by atoms with Crippen LogP contribution in [0.5, 0.6) is 0 Å². The predicted molar refractivity (Wildman–Crippen MR) is 83.7 cm³/mol. The van der Waals surface area contributed by atoms with Crippen LogP contribution in [0.4, 0.5) is 4.39 Å². The van der Waals surface area contributed by atoms with E-state index in [0.717, 1.165) is 25.8 Å². The standard InChI is InChI=1S/C15H20BrClFNO/c1-3-19-14(9-15(20-2)5-4-6-15)10-7-12(17)11(16)8-13(10)18/h7-8,14,19H,3-6,9H2,1-2H3. The van der Waals surface area contributed by atoms with E-state index in [1.165, 1.54) is 12.5 Å². The van der Waals surface area contributed by atoms with E-state index >= 15 is 0 Å². The third kappa shape index (κ3) is 3.35. The first-order valence-electron chi connectivity index (χ1n) is 6.94. The van der Waals surface area contributed by atoms with Gasteiger partial charge in [0.05, 0.1) is 10.6 Å². The molecule has 0 bridgehead atoms. The fourth-order valence-corrected chi connectivity index (χ4v) is 3.27. The maximum atomic E-state index is 14.2. The molecule has 0 heterocycles. The molecule has 1 aliphatic carbocycles. The Bertz CT molecular complexity index is 474. The molecule has 112 valence electrons. The van der Waals surface area contributed by atoms with Crippen LogP contribution >= 0.6 is 27.5 Å². The zero-order valence-corrected chi connectivity index (χ0v) is 14.2. The molecule has 1 unspecified atom stereocenters.